The van der Waals surface area contributed by atoms with E-state index in [-0.39, 0.29) is 12.0 Å². The Morgan fingerprint density at radius 2 is 1.94 bits per heavy atom. The average molecular weight is 220 g/mol. The molecule has 0 bridgehead atoms. The molecular formula is C14H20O2. The van der Waals surface area contributed by atoms with Crippen LogP contribution in [0.1, 0.15) is 38.2 Å². The van der Waals surface area contributed by atoms with E-state index in [2.05, 4.69) is 0 Å². The molecule has 3 atom stereocenters. The second-order valence-corrected chi connectivity index (χ2v) is 5.10. The lowest BCUT2D eigenvalue weighted by Crippen LogP contribution is -2.28. The number of hydrogen-bond acceptors (Lipinski definition) is 2. The minimum absolute atomic E-state index is 0.227. The Hall–Kier alpha value is -0.860. The zero-order chi connectivity index (χ0) is 11.6. The molecule has 0 amide bonds. The van der Waals surface area contributed by atoms with Crippen LogP contribution in [0.2, 0.25) is 0 Å². The van der Waals surface area contributed by atoms with Crippen molar-refractivity contribution in [2.45, 2.75) is 44.3 Å². The van der Waals surface area contributed by atoms with Crippen molar-refractivity contribution >= 4 is 0 Å². The number of rotatable bonds is 3. The van der Waals surface area contributed by atoms with Crippen LogP contribution in [0.15, 0.2) is 30.3 Å². The van der Waals surface area contributed by atoms with Gasteiger partial charge in [0.1, 0.15) is 0 Å². The minimum Gasteiger partial charge on any atom is -0.393 e. The van der Waals surface area contributed by atoms with Gasteiger partial charge in [0.15, 0.2) is 0 Å². The molecule has 3 unspecified atom stereocenters. The van der Waals surface area contributed by atoms with Crippen LogP contribution < -0.4 is 0 Å². The first-order chi connectivity index (χ1) is 7.59. The van der Waals surface area contributed by atoms with Gasteiger partial charge in [0.25, 0.3) is 0 Å². The van der Waals surface area contributed by atoms with Crippen LogP contribution in [-0.2, 0) is 5.60 Å². The predicted octanol–water partition coefficient (Wildman–Crippen LogP) is 2.45. The summed E-state index contributed by atoms with van der Waals surface area (Å²) in [6, 6.07) is 9.72. The van der Waals surface area contributed by atoms with Crippen LogP contribution in [0.4, 0.5) is 0 Å². The molecule has 0 radical (unpaired) electrons. The van der Waals surface area contributed by atoms with Gasteiger partial charge in [-0.3, -0.25) is 0 Å². The van der Waals surface area contributed by atoms with Crippen molar-refractivity contribution < 1.29 is 10.2 Å². The third-order valence-electron chi connectivity index (χ3n) is 3.67. The monoisotopic (exact) mass is 220 g/mol. The van der Waals surface area contributed by atoms with Gasteiger partial charge >= 0.3 is 0 Å². The van der Waals surface area contributed by atoms with E-state index >= 15 is 0 Å². The molecule has 2 N–H and O–H groups in total. The van der Waals surface area contributed by atoms with Gasteiger partial charge in [-0.15, -0.1) is 0 Å². The highest BCUT2D eigenvalue weighted by atomic mass is 16.3. The fourth-order valence-electron chi connectivity index (χ4n) is 2.68. The van der Waals surface area contributed by atoms with E-state index < -0.39 is 5.60 Å². The highest BCUT2D eigenvalue weighted by molar-refractivity contribution is 5.21. The Balaban J connectivity index is 2.08. The largest absolute Gasteiger partial charge is 0.393 e. The van der Waals surface area contributed by atoms with Crippen LogP contribution in [-0.4, -0.2) is 16.3 Å². The Labute approximate surface area is 96.9 Å². The maximum Gasteiger partial charge on any atom is 0.0872 e. The molecule has 0 heterocycles. The van der Waals surface area contributed by atoms with Crippen molar-refractivity contribution in [2.24, 2.45) is 5.92 Å². The van der Waals surface area contributed by atoms with Gasteiger partial charge < -0.3 is 10.2 Å². The molecule has 16 heavy (non-hydrogen) atoms. The van der Waals surface area contributed by atoms with Crippen LogP contribution in [0, 0.1) is 5.92 Å². The van der Waals surface area contributed by atoms with Gasteiger partial charge in [-0.25, -0.2) is 0 Å². The normalized spacial score (nSPS) is 28.9. The summed E-state index contributed by atoms with van der Waals surface area (Å²) in [6.07, 6.45) is 3.42. The van der Waals surface area contributed by atoms with Crippen LogP contribution in [0.25, 0.3) is 0 Å². The van der Waals surface area contributed by atoms with E-state index in [1.807, 2.05) is 37.3 Å². The molecule has 0 spiro atoms. The molecule has 1 aromatic carbocycles. The summed E-state index contributed by atoms with van der Waals surface area (Å²) in [4.78, 5) is 0. The van der Waals surface area contributed by atoms with E-state index in [0.29, 0.717) is 6.42 Å². The van der Waals surface area contributed by atoms with E-state index in [1.54, 1.807) is 0 Å². The third kappa shape index (κ3) is 2.45. The summed E-state index contributed by atoms with van der Waals surface area (Å²) in [7, 11) is 0. The van der Waals surface area contributed by atoms with Gasteiger partial charge in [-0.2, -0.15) is 0 Å². The summed E-state index contributed by atoms with van der Waals surface area (Å²) in [5.74, 6) is 0.246. The van der Waals surface area contributed by atoms with Crippen molar-refractivity contribution in [3.63, 3.8) is 0 Å². The highest BCUT2D eigenvalue weighted by Gasteiger charge is 2.33. The maximum atomic E-state index is 10.5. The fourth-order valence-corrected chi connectivity index (χ4v) is 2.68. The molecule has 2 rings (SSSR count). The van der Waals surface area contributed by atoms with E-state index in [1.165, 1.54) is 0 Å². The minimum atomic E-state index is -0.822. The van der Waals surface area contributed by atoms with Crippen molar-refractivity contribution in [2.75, 3.05) is 0 Å². The molecule has 2 heteroatoms. The molecule has 1 aromatic rings. The summed E-state index contributed by atoms with van der Waals surface area (Å²) in [6.45, 7) is 1.84. The summed E-state index contributed by atoms with van der Waals surface area (Å²) in [5, 5.41) is 20.2. The Bertz CT molecular complexity index is 332. The first-order valence-electron chi connectivity index (χ1n) is 6.05. The molecule has 1 saturated carbocycles. The SMILES string of the molecule is CC(O)(CC1CCCC1O)c1ccccc1. The highest BCUT2D eigenvalue weighted by Crippen LogP contribution is 2.36. The topological polar surface area (TPSA) is 40.5 Å². The van der Waals surface area contributed by atoms with Crippen molar-refractivity contribution in [1.29, 1.82) is 0 Å². The first-order valence-corrected chi connectivity index (χ1v) is 6.05. The standard InChI is InChI=1S/C14H20O2/c1-14(16,12-7-3-2-4-8-12)10-11-6-5-9-13(11)15/h2-4,7-8,11,13,15-16H,5-6,9-10H2,1H3. The zero-order valence-electron chi connectivity index (χ0n) is 9.76. The molecule has 1 aliphatic carbocycles. The van der Waals surface area contributed by atoms with Gasteiger partial charge in [0.2, 0.25) is 0 Å². The number of aliphatic hydroxyl groups excluding tert-OH is 1. The van der Waals surface area contributed by atoms with Gasteiger partial charge in [0, 0.05) is 0 Å². The quantitative estimate of drug-likeness (QED) is 0.821. The Kier molecular flexibility index (Phi) is 3.31. The lowest BCUT2D eigenvalue weighted by atomic mass is 9.84. The molecule has 88 valence electrons. The van der Waals surface area contributed by atoms with E-state index in [9.17, 15) is 10.2 Å². The second-order valence-electron chi connectivity index (χ2n) is 5.10. The smallest absolute Gasteiger partial charge is 0.0872 e. The zero-order valence-corrected chi connectivity index (χ0v) is 9.76. The summed E-state index contributed by atoms with van der Waals surface area (Å²) < 4.78 is 0. The molecule has 2 nitrogen and oxygen atoms in total. The molecule has 1 fully saturated rings. The van der Waals surface area contributed by atoms with Crippen molar-refractivity contribution in [3.8, 4) is 0 Å². The lowest BCUT2D eigenvalue weighted by molar-refractivity contribution is 0.00637. The predicted molar refractivity (Wildman–Crippen MR) is 64.0 cm³/mol. The molecular weight excluding hydrogens is 200 g/mol. The Morgan fingerprint density at radius 1 is 1.25 bits per heavy atom. The summed E-state index contributed by atoms with van der Waals surface area (Å²) in [5.41, 5.74) is 0.117. The molecule has 0 aromatic heterocycles. The molecule has 0 saturated heterocycles. The fraction of sp³-hybridized carbons (Fsp3) is 0.571. The van der Waals surface area contributed by atoms with Crippen LogP contribution in [0.5, 0.6) is 0 Å². The van der Waals surface area contributed by atoms with Crippen LogP contribution >= 0.6 is 0 Å². The van der Waals surface area contributed by atoms with Crippen molar-refractivity contribution in [1.82, 2.24) is 0 Å². The summed E-state index contributed by atoms with van der Waals surface area (Å²) >= 11 is 0. The van der Waals surface area contributed by atoms with E-state index in [4.69, 9.17) is 0 Å². The lowest BCUT2D eigenvalue weighted by Gasteiger charge is -2.28. The van der Waals surface area contributed by atoms with Crippen molar-refractivity contribution in [3.05, 3.63) is 35.9 Å². The Morgan fingerprint density at radius 3 is 2.50 bits per heavy atom. The van der Waals surface area contributed by atoms with Gasteiger partial charge in [0.05, 0.1) is 11.7 Å². The first kappa shape index (κ1) is 11.6. The average Bonchev–Trinajstić information content (AvgIpc) is 2.65. The molecule has 1 aliphatic rings. The number of aliphatic hydroxyl groups is 2. The van der Waals surface area contributed by atoms with Crippen LogP contribution in [0.3, 0.4) is 0 Å². The number of hydrogen-bond donors (Lipinski definition) is 2. The second kappa shape index (κ2) is 4.56. The number of benzene rings is 1. The third-order valence-corrected chi connectivity index (χ3v) is 3.67. The molecule has 0 aliphatic heterocycles. The van der Waals surface area contributed by atoms with Gasteiger partial charge in [-0.1, -0.05) is 36.8 Å². The van der Waals surface area contributed by atoms with E-state index in [0.717, 1.165) is 24.8 Å². The maximum absolute atomic E-state index is 10.5. The van der Waals surface area contributed by atoms with Gasteiger partial charge in [-0.05, 0) is 37.7 Å².